The normalized spacial score (nSPS) is 15.8. The Hall–Kier alpha value is -3.05. The number of benzene rings is 2. The first-order chi connectivity index (χ1) is 15.1. The number of anilines is 2. The zero-order valence-electron chi connectivity index (χ0n) is 17.0. The van der Waals surface area contributed by atoms with Crippen LogP contribution in [0.1, 0.15) is 34.1 Å². The largest absolute Gasteiger partial charge is 0.337 e. The van der Waals surface area contributed by atoms with Gasteiger partial charge in [-0.2, -0.15) is 0 Å². The number of carbonyl (C=O) groups excluding carboxylic acids is 1. The van der Waals surface area contributed by atoms with Gasteiger partial charge in [0.15, 0.2) is 4.77 Å². The van der Waals surface area contributed by atoms with Gasteiger partial charge >= 0.3 is 0 Å². The standard InChI is InChI=1S/C21H20F2N4O3S2/c1-32(29,30)26-15-4-2-14(3-5-15)25-20(28)19-11-24-21(31)27(19)16-6-7-17-12(9-16)8-13(22)10-18(17)23/h2-5,8,10-11,16,26H,6-7,9H2,1H3,(H,24,31)(H,25,28). The van der Waals surface area contributed by atoms with E-state index in [1.807, 2.05) is 0 Å². The minimum atomic E-state index is -3.40. The number of sulfonamides is 1. The minimum absolute atomic E-state index is 0.232. The summed E-state index contributed by atoms with van der Waals surface area (Å²) in [7, 11) is -3.40. The van der Waals surface area contributed by atoms with Crippen molar-refractivity contribution in [1.29, 1.82) is 0 Å². The van der Waals surface area contributed by atoms with E-state index >= 15 is 0 Å². The number of hydrogen-bond donors (Lipinski definition) is 3. The van der Waals surface area contributed by atoms with Gasteiger partial charge in [-0.1, -0.05) is 0 Å². The van der Waals surface area contributed by atoms with Crippen LogP contribution in [0.15, 0.2) is 42.6 Å². The fourth-order valence-corrected chi connectivity index (χ4v) is 4.82. The van der Waals surface area contributed by atoms with Gasteiger partial charge in [-0.15, -0.1) is 0 Å². The van der Waals surface area contributed by atoms with Gasteiger partial charge < -0.3 is 14.9 Å². The minimum Gasteiger partial charge on any atom is -0.337 e. The molecule has 4 rings (SSSR count). The van der Waals surface area contributed by atoms with Crippen LogP contribution in [0.3, 0.4) is 0 Å². The third kappa shape index (κ3) is 4.73. The van der Waals surface area contributed by atoms with Gasteiger partial charge in [-0.3, -0.25) is 9.52 Å². The molecule has 1 atom stereocenters. The molecule has 0 spiro atoms. The molecule has 32 heavy (non-hydrogen) atoms. The second kappa shape index (κ2) is 8.47. The molecule has 1 unspecified atom stereocenters. The Bertz CT molecular complexity index is 1350. The molecule has 0 fully saturated rings. The summed E-state index contributed by atoms with van der Waals surface area (Å²) in [5, 5.41) is 2.76. The molecule has 0 radical (unpaired) electrons. The van der Waals surface area contributed by atoms with Crippen molar-refractivity contribution in [3.05, 3.63) is 75.8 Å². The Labute approximate surface area is 188 Å². The number of nitrogens with zero attached hydrogens (tertiary/aromatic N) is 1. The van der Waals surface area contributed by atoms with Crippen LogP contribution in [0.25, 0.3) is 0 Å². The highest BCUT2D eigenvalue weighted by Gasteiger charge is 2.27. The number of aromatic amines is 1. The highest BCUT2D eigenvalue weighted by Crippen LogP contribution is 2.32. The molecule has 0 aliphatic heterocycles. The van der Waals surface area contributed by atoms with Gasteiger partial charge in [0.1, 0.15) is 17.3 Å². The molecule has 3 N–H and O–H groups in total. The van der Waals surface area contributed by atoms with E-state index in [1.165, 1.54) is 24.4 Å². The molecular weight excluding hydrogens is 458 g/mol. The van der Waals surface area contributed by atoms with Crippen molar-refractivity contribution < 1.29 is 22.0 Å². The lowest BCUT2D eigenvalue weighted by Crippen LogP contribution is -2.25. The SMILES string of the molecule is CS(=O)(=O)Nc1ccc(NC(=O)c2c[nH]c(=S)n2C2CCc3c(F)cc(F)cc3C2)cc1. The zero-order chi connectivity index (χ0) is 23.0. The first-order valence-electron chi connectivity index (χ1n) is 9.76. The van der Waals surface area contributed by atoms with E-state index in [1.54, 1.807) is 16.7 Å². The number of imidazole rings is 1. The maximum atomic E-state index is 14.1. The van der Waals surface area contributed by atoms with Crippen LogP contribution in [0.4, 0.5) is 20.2 Å². The second-order valence-corrected chi connectivity index (χ2v) is 9.81. The lowest BCUT2D eigenvalue weighted by Gasteiger charge is -2.27. The number of halogens is 2. The summed E-state index contributed by atoms with van der Waals surface area (Å²) < 4.78 is 54.8. The molecule has 1 aliphatic rings. The first-order valence-corrected chi connectivity index (χ1v) is 12.1. The van der Waals surface area contributed by atoms with E-state index < -0.39 is 27.6 Å². The molecule has 1 heterocycles. The molecule has 1 aliphatic carbocycles. The van der Waals surface area contributed by atoms with Crippen molar-refractivity contribution in [2.75, 3.05) is 16.3 Å². The van der Waals surface area contributed by atoms with E-state index in [2.05, 4.69) is 15.0 Å². The van der Waals surface area contributed by atoms with E-state index in [4.69, 9.17) is 12.2 Å². The van der Waals surface area contributed by atoms with E-state index in [-0.39, 0.29) is 6.04 Å². The highest BCUT2D eigenvalue weighted by molar-refractivity contribution is 7.92. The molecule has 1 amide bonds. The maximum absolute atomic E-state index is 14.1. The summed E-state index contributed by atoms with van der Waals surface area (Å²) in [6.07, 6.45) is 3.86. The smallest absolute Gasteiger partial charge is 0.273 e. The van der Waals surface area contributed by atoms with Crippen LogP contribution in [0.5, 0.6) is 0 Å². The molecular formula is C21H20F2N4O3S2. The third-order valence-corrected chi connectivity index (χ3v) is 6.21. The van der Waals surface area contributed by atoms with Gasteiger partial charge in [-0.25, -0.2) is 17.2 Å². The van der Waals surface area contributed by atoms with Gasteiger partial charge in [0, 0.05) is 29.7 Å². The quantitative estimate of drug-likeness (QED) is 0.480. The average molecular weight is 479 g/mol. The van der Waals surface area contributed by atoms with Crippen molar-refractivity contribution in [2.45, 2.75) is 25.3 Å². The number of carbonyl (C=O) groups is 1. The number of hydrogen-bond acceptors (Lipinski definition) is 4. The summed E-state index contributed by atoms with van der Waals surface area (Å²) in [4.78, 5) is 15.8. The molecule has 7 nitrogen and oxygen atoms in total. The monoisotopic (exact) mass is 478 g/mol. The average Bonchev–Trinajstić information content (AvgIpc) is 3.09. The van der Waals surface area contributed by atoms with Crippen LogP contribution in [0, 0.1) is 16.4 Å². The molecule has 0 saturated carbocycles. The predicted molar refractivity (Wildman–Crippen MR) is 120 cm³/mol. The van der Waals surface area contributed by atoms with Gasteiger partial charge in [0.2, 0.25) is 10.0 Å². The maximum Gasteiger partial charge on any atom is 0.273 e. The van der Waals surface area contributed by atoms with Crippen LogP contribution in [-0.2, 0) is 22.9 Å². The van der Waals surface area contributed by atoms with Crippen molar-refractivity contribution in [3.63, 3.8) is 0 Å². The van der Waals surface area contributed by atoms with Crippen LogP contribution in [-0.4, -0.2) is 30.1 Å². The lowest BCUT2D eigenvalue weighted by molar-refractivity contribution is 0.101. The Morgan fingerprint density at radius 2 is 1.88 bits per heavy atom. The van der Waals surface area contributed by atoms with E-state index in [0.717, 1.165) is 12.3 Å². The highest BCUT2D eigenvalue weighted by atomic mass is 32.2. The Kier molecular flexibility index (Phi) is 5.87. The van der Waals surface area contributed by atoms with E-state index in [9.17, 15) is 22.0 Å². The summed E-state index contributed by atoms with van der Waals surface area (Å²) in [6.45, 7) is 0. The number of nitrogens with one attached hydrogen (secondary N) is 3. The zero-order valence-corrected chi connectivity index (χ0v) is 18.6. The van der Waals surface area contributed by atoms with Crippen LogP contribution < -0.4 is 10.0 Å². The number of fused-ring (bicyclic) bond motifs is 1. The van der Waals surface area contributed by atoms with Gasteiger partial charge in [0.25, 0.3) is 5.91 Å². The van der Waals surface area contributed by atoms with Crippen molar-refractivity contribution in [1.82, 2.24) is 9.55 Å². The topological polar surface area (TPSA) is 96.0 Å². The number of amides is 1. The Morgan fingerprint density at radius 3 is 2.56 bits per heavy atom. The summed E-state index contributed by atoms with van der Waals surface area (Å²) >= 11 is 5.37. The molecule has 2 aromatic carbocycles. The molecule has 168 valence electrons. The van der Waals surface area contributed by atoms with Crippen molar-refractivity contribution in [3.8, 4) is 0 Å². The number of rotatable bonds is 5. The first kappa shape index (κ1) is 22.2. The second-order valence-electron chi connectivity index (χ2n) is 7.68. The Morgan fingerprint density at radius 1 is 1.19 bits per heavy atom. The van der Waals surface area contributed by atoms with E-state index in [0.29, 0.717) is 52.2 Å². The molecule has 1 aromatic heterocycles. The summed E-state index contributed by atoms with van der Waals surface area (Å²) in [5.41, 5.74) is 2.19. The Balaban J connectivity index is 1.55. The van der Waals surface area contributed by atoms with Crippen LogP contribution in [0.2, 0.25) is 0 Å². The predicted octanol–water partition coefficient (Wildman–Crippen LogP) is 4.18. The number of H-pyrrole nitrogens is 1. The fraction of sp³-hybridized carbons (Fsp3) is 0.238. The molecule has 3 aromatic rings. The molecule has 11 heteroatoms. The number of aromatic nitrogens is 2. The fourth-order valence-electron chi connectivity index (χ4n) is 3.95. The molecule has 0 bridgehead atoms. The van der Waals surface area contributed by atoms with Gasteiger partial charge in [0.05, 0.1) is 6.26 Å². The van der Waals surface area contributed by atoms with Gasteiger partial charge in [-0.05, 0) is 72.9 Å². The third-order valence-electron chi connectivity index (χ3n) is 5.29. The van der Waals surface area contributed by atoms with Crippen molar-refractivity contribution >= 4 is 39.5 Å². The van der Waals surface area contributed by atoms with Crippen LogP contribution >= 0.6 is 12.2 Å². The summed E-state index contributed by atoms with van der Waals surface area (Å²) in [6, 6.07) is 8.18. The van der Waals surface area contributed by atoms with Crippen molar-refractivity contribution in [2.24, 2.45) is 0 Å². The summed E-state index contributed by atoms with van der Waals surface area (Å²) in [5.74, 6) is -1.60. The lowest BCUT2D eigenvalue weighted by atomic mass is 9.87. The molecule has 0 saturated heterocycles.